The van der Waals surface area contributed by atoms with Gasteiger partial charge in [-0.1, -0.05) is 11.6 Å². The van der Waals surface area contributed by atoms with Gasteiger partial charge in [-0.15, -0.1) is 0 Å². The molecule has 0 atom stereocenters. The fraction of sp³-hybridized carbons (Fsp3) is 0.300. The van der Waals surface area contributed by atoms with Crippen molar-refractivity contribution in [2.24, 2.45) is 0 Å². The van der Waals surface area contributed by atoms with Crippen LogP contribution >= 0.6 is 11.6 Å². The van der Waals surface area contributed by atoms with E-state index in [0.29, 0.717) is 42.2 Å². The number of nitrogens with one attached hydrogen (secondary N) is 2. The van der Waals surface area contributed by atoms with Gasteiger partial charge < -0.3 is 20.4 Å². The number of hydrogen-bond donors (Lipinski definition) is 2. The van der Waals surface area contributed by atoms with E-state index in [1.54, 1.807) is 17.0 Å². The predicted molar refractivity (Wildman–Crippen MR) is 106 cm³/mol. The quantitative estimate of drug-likeness (QED) is 0.764. The van der Waals surface area contributed by atoms with Crippen molar-refractivity contribution in [1.82, 2.24) is 10.2 Å². The van der Waals surface area contributed by atoms with Crippen LogP contribution in [0.5, 0.6) is 0 Å². The Labute approximate surface area is 167 Å². The first-order valence-corrected chi connectivity index (χ1v) is 9.43. The van der Waals surface area contributed by atoms with E-state index in [9.17, 15) is 14.0 Å². The van der Waals surface area contributed by atoms with Gasteiger partial charge >= 0.3 is 6.03 Å². The number of likely N-dealkylation sites (tertiary alicyclic amines) is 1. The van der Waals surface area contributed by atoms with E-state index in [1.165, 1.54) is 24.3 Å². The summed E-state index contributed by atoms with van der Waals surface area (Å²) in [6, 6.07) is 10.7. The van der Waals surface area contributed by atoms with Gasteiger partial charge in [0.05, 0.1) is 11.3 Å². The molecule has 0 radical (unpaired) electrons. The Morgan fingerprint density at radius 2 is 1.86 bits per heavy atom. The number of carbonyl (C=O) groups excluding carboxylic acids is 2. The molecule has 1 fully saturated rings. The van der Waals surface area contributed by atoms with Gasteiger partial charge in [0.1, 0.15) is 11.5 Å². The summed E-state index contributed by atoms with van der Waals surface area (Å²) in [6.07, 6.45) is 1.18. The summed E-state index contributed by atoms with van der Waals surface area (Å²) in [5.74, 6) is -0.504. The zero-order valence-electron chi connectivity index (χ0n) is 15.3. The van der Waals surface area contributed by atoms with Crippen LogP contribution in [0.15, 0.2) is 42.5 Å². The van der Waals surface area contributed by atoms with Crippen molar-refractivity contribution < 1.29 is 14.0 Å². The molecule has 4 rings (SSSR count). The molecule has 0 saturated carbocycles. The number of urea groups is 1. The number of fused-ring (bicyclic) bond motifs is 1. The molecule has 8 heteroatoms. The molecule has 2 aromatic carbocycles. The molecule has 2 aromatic rings. The predicted octanol–water partition coefficient (Wildman–Crippen LogP) is 3.68. The third-order valence-electron chi connectivity index (χ3n) is 5.53. The molecule has 0 unspecified atom stereocenters. The molecule has 0 bridgehead atoms. The van der Waals surface area contributed by atoms with E-state index < -0.39 is 5.66 Å². The zero-order valence-corrected chi connectivity index (χ0v) is 16.1. The minimum Gasteiger partial charge on any atom is -0.351 e. The number of nitrogens with zero attached hydrogens (tertiary/aromatic N) is 2. The van der Waals surface area contributed by atoms with E-state index in [0.717, 1.165) is 5.69 Å². The third-order valence-corrected chi connectivity index (χ3v) is 5.76. The van der Waals surface area contributed by atoms with Crippen LogP contribution in [-0.4, -0.2) is 42.6 Å². The Morgan fingerprint density at radius 3 is 2.54 bits per heavy atom. The number of piperidine rings is 1. The standard InChI is InChI=1S/C20H20ClFN4O2/c1-25-17-7-2-13(21)12-16(17)18(27)24-20(25)8-10-26(11-9-20)19(28)23-15-5-3-14(22)4-6-15/h2-7,12H,8-11H2,1H3,(H,23,28)(H,24,27). The molecule has 0 aliphatic carbocycles. The molecular formula is C20H20ClFN4O2. The number of anilines is 2. The summed E-state index contributed by atoms with van der Waals surface area (Å²) in [6.45, 7) is 0.973. The highest BCUT2D eigenvalue weighted by Gasteiger charge is 2.44. The highest BCUT2D eigenvalue weighted by atomic mass is 35.5. The number of amides is 3. The van der Waals surface area contributed by atoms with Crippen molar-refractivity contribution in [1.29, 1.82) is 0 Å². The average Bonchev–Trinajstić information content (AvgIpc) is 2.68. The number of rotatable bonds is 1. The van der Waals surface area contributed by atoms with Crippen LogP contribution in [0.3, 0.4) is 0 Å². The first-order chi connectivity index (χ1) is 13.4. The van der Waals surface area contributed by atoms with Gasteiger partial charge in [-0.2, -0.15) is 0 Å². The van der Waals surface area contributed by atoms with Crippen molar-refractivity contribution in [2.75, 3.05) is 30.4 Å². The van der Waals surface area contributed by atoms with Gasteiger partial charge in [0, 0.05) is 43.7 Å². The molecule has 2 N–H and O–H groups in total. The van der Waals surface area contributed by atoms with E-state index in [-0.39, 0.29) is 17.8 Å². The van der Waals surface area contributed by atoms with E-state index in [1.807, 2.05) is 13.1 Å². The van der Waals surface area contributed by atoms with Crippen LogP contribution in [0.1, 0.15) is 23.2 Å². The SMILES string of the molecule is CN1c2ccc(Cl)cc2C(=O)NC12CCN(C(=O)Nc1ccc(F)cc1)CC2. The van der Waals surface area contributed by atoms with Crippen LogP contribution in [0.4, 0.5) is 20.6 Å². The first kappa shape index (κ1) is 18.6. The minimum atomic E-state index is -0.537. The summed E-state index contributed by atoms with van der Waals surface area (Å²) >= 11 is 6.03. The Morgan fingerprint density at radius 1 is 1.18 bits per heavy atom. The van der Waals surface area contributed by atoms with Gasteiger partial charge in [-0.05, 0) is 42.5 Å². The molecule has 2 heterocycles. The normalized spacial score (nSPS) is 17.9. The second kappa shape index (κ2) is 6.98. The lowest BCUT2D eigenvalue weighted by molar-refractivity contribution is 0.0815. The molecule has 2 aliphatic rings. The summed E-state index contributed by atoms with van der Waals surface area (Å²) < 4.78 is 13.0. The highest BCUT2D eigenvalue weighted by Crippen LogP contribution is 2.37. The van der Waals surface area contributed by atoms with Gasteiger partial charge in [0.2, 0.25) is 0 Å². The molecule has 1 spiro atoms. The van der Waals surface area contributed by atoms with Crippen LogP contribution in [0.25, 0.3) is 0 Å². The van der Waals surface area contributed by atoms with Crippen LogP contribution < -0.4 is 15.5 Å². The lowest BCUT2D eigenvalue weighted by Gasteiger charge is -2.51. The molecule has 28 heavy (non-hydrogen) atoms. The number of carbonyl (C=O) groups is 2. The molecule has 146 valence electrons. The molecule has 0 aromatic heterocycles. The van der Waals surface area contributed by atoms with Gasteiger partial charge in [0.25, 0.3) is 5.91 Å². The van der Waals surface area contributed by atoms with Crippen molar-refractivity contribution >= 4 is 34.9 Å². The van der Waals surface area contributed by atoms with Gasteiger partial charge in [-0.25, -0.2) is 9.18 Å². The maximum Gasteiger partial charge on any atom is 0.321 e. The molecular weight excluding hydrogens is 383 g/mol. The van der Waals surface area contributed by atoms with E-state index in [4.69, 9.17) is 11.6 Å². The topological polar surface area (TPSA) is 64.7 Å². The molecule has 2 aliphatic heterocycles. The molecule has 3 amide bonds. The van der Waals surface area contributed by atoms with Crippen molar-refractivity contribution in [3.05, 3.63) is 58.9 Å². The van der Waals surface area contributed by atoms with E-state index >= 15 is 0 Å². The smallest absolute Gasteiger partial charge is 0.321 e. The Bertz CT molecular complexity index is 926. The highest BCUT2D eigenvalue weighted by molar-refractivity contribution is 6.31. The van der Waals surface area contributed by atoms with Gasteiger partial charge in [-0.3, -0.25) is 4.79 Å². The maximum absolute atomic E-state index is 13.0. The molecule has 6 nitrogen and oxygen atoms in total. The third kappa shape index (κ3) is 3.26. The number of halogens is 2. The van der Waals surface area contributed by atoms with Crippen LogP contribution in [-0.2, 0) is 0 Å². The summed E-state index contributed by atoms with van der Waals surface area (Å²) in [7, 11) is 1.94. The lowest BCUT2D eigenvalue weighted by atomic mass is 9.90. The fourth-order valence-corrected chi connectivity index (χ4v) is 4.02. The summed E-state index contributed by atoms with van der Waals surface area (Å²) in [5, 5.41) is 6.40. The van der Waals surface area contributed by atoms with Crippen LogP contribution in [0.2, 0.25) is 5.02 Å². The lowest BCUT2D eigenvalue weighted by Crippen LogP contribution is -2.67. The van der Waals surface area contributed by atoms with Crippen LogP contribution in [0, 0.1) is 5.82 Å². The monoisotopic (exact) mass is 402 g/mol. The summed E-state index contributed by atoms with van der Waals surface area (Å²) in [5.41, 5.74) is 1.39. The summed E-state index contributed by atoms with van der Waals surface area (Å²) in [4.78, 5) is 28.9. The maximum atomic E-state index is 13.0. The second-order valence-corrected chi connectivity index (χ2v) is 7.57. The average molecular weight is 403 g/mol. The van der Waals surface area contributed by atoms with Crippen molar-refractivity contribution in [2.45, 2.75) is 18.5 Å². The minimum absolute atomic E-state index is 0.153. The fourth-order valence-electron chi connectivity index (χ4n) is 3.85. The van der Waals surface area contributed by atoms with Crippen molar-refractivity contribution in [3.63, 3.8) is 0 Å². The zero-order chi connectivity index (χ0) is 19.9. The Hall–Kier alpha value is -2.80. The Balaban J connectivity index is 1.46. The first-order valence-electron chi connectivity index (χ1n) is 9.05. The number of hydrogen-bond acceptors (Lipinski definition) is 3. The largest absolute Gasteiger partial charge is 0.351 e. The van der Waals surface area contributed by atoms with Gasteiger partial charge in [0.15, 0.2) is 0 Å². The molecule has 1 saturated heterocycles. The van der Waals surface area contributed by atoms with Crippen molar-refractivity contribution in [3.8, 4) is 0 Å². The second-order valence-electron chi connectivity index (χ2n) is 7.13. The Kier molecular flexibility index (Phi) is 4.63. The van der Waals surface area contributed by atoms with E-state index in [2.05, 4.69) is 15.5 Å². The number of benzene rings is 2.